The minimum atomic E-state index is -0.606. The average Bonchev–Trinajstić information content (AvgIpc) is 2.09. The Kier molecular flexibility index (Phi) is 3.10. The summed E-state index contributed by atoms with van der Waals surface area (Å²) in [6, 6.07) is 5.70. The summed E-state index contributed by atoms with van der Waals surface area (Å²) < 4.78 is 0. The molecule has 74 valence electrons. The summed E-state index contributed by atoms with van der Waals surface area (Å²) in [5, 5.41) is 0.663. The van der Waals surface area contributed by atoms with E-state index in [0.717, 1.165) is 11.1 Å². The molecule has 1 aromatic rings. The van der Waals surface area contributed by atoms with E-state index in [9.17, 15) is 4.79 Å². The number of halogens is 1. The van der Waals surface area contributed by atoms with Gasteiger partial charge in [-0.2, -0.15) is 4.99 Å². The van der Waals surface area contributed by atoms with Crippen molar-refractivity contribution < 1.29 is 4.79 Å². The summed E-state index contributed by atoms with van der Waals surface area (Å²) in [6.45, 7) is 5.59. The molecule has 0 heterocycles. The van der Waals surface area contributed by atoms with Gasteiger partial charge >= 0.3 is 0 Å². The largest absolute Gasteiger partial charge is 0.235 e. The first-order chi connectivity index (χ1) is 6.49. The van der Waals surface area contributed by atoms with Crippen molar-refractivity contribution in [1.82, 2.24) is 0 Å². The van der Waals surface area contributed by atoms with Gasteiger partial charge in [0.1, 0.15) is 0 Å². The van der Waals surface area contributed by atoms with Gasteiger partial charge in [-0.05, 0) is 31.9 Å². The summed E-state index contributed by atoms with van der Waals surface area (Å²) in [5.74, 6) is 0. The van der Waals surface area contributed by atoms with E-state index >= 15 is 0 Å². The number of hydrogen-bond donors (Lipinski definition) is 0. The lowest BCUT2D eigenvalue weighted by Gasteiger charge is -2.20. The second-order valence-corrected chi connectivity index (χ2v) is 4.08. The molecule has 1 rings (SSSR count). The topological polar surface area (TPSA) is 29.4 Å². The van der Waals surface area contributed by atoms with E-state index in [-0.39, 0.29) is 0 Å². The highest BCUT2D eigenvalue weighted by Gasteiger charge is 2.22. The van der Waals surface area contributed by atoms with Gasteiger partial charge in [0.25, 0.3) is 0 Å². The van der Waals surface area contributed by atoms with Gasteiger partial charge in [-0.3, -0.25) is 0 Å². The maximum absolute atomic E-state index is 10.3. The number of hydrogen-bond acceptors (Lipinski definition) is 2. The molecule has 0 aromatic heterocycles. The highest BCUT2D eigenvalue weighted by molar-refractivity contribution is 6.32. The predicted octanol–water partition coefficient (Wildman–Crippen LogP) is 3.22. The van der Waals surface area contributed by atoms with Gasteiger partial charge < -0.3 is 0 Å². The summed E-state index contributed by atoms with van der Waals surface area (Å²) in [5.41, 5.74) is 1.23. The SMILES string of the molecule is Cc1cccc(C(C)(C)N=C=O)c1Cl. The minimum Gasteiger partial charge on any atom is -0.211 e. The van der Waals surface area contributed by atoms with E-state index in [2.05, 4.69) is 4.99 Å². The molecule has 0 aliphatic heterocycles. The molecule has 0 amide bonds. The van der Waals surface area contributed by atoms with Gasteiger partial charge in [-0.25, -0.2) is 4.79 Å². The van der Waals surface area contributed by atoms with E-state index in [1.807, 2.05) is 39.0 Å². The zero-order valence-electron chi connectivity index (χ0n) is 8.47. The normalized spacial score (nSPS) is 10.9. The molecule has 0 N–H and O–H groups in total. The third-order valence-corrected chi connectivity index (χ3v) is 2.68. The molecule has 0 fully saturated rings. The van der Waals surface area contributed by atoms with Crippen LogP contribution in [0.2, 0.25) is 5.02 Å². The molecule has 0 aliphatic rings. The number of benzene rings is 1. The lowest BCUT2D eigenvalue weighted by Crippen LogP contribution is -2.14. The maximum atomic E-state index is 10.3. The van der Waals surface area contributed by atoms with Crippen molar-refractivity contribution in [2.24, 2.45) is 4.99 Å². The fourth-order valence-electron chi connectivity index (χ4n) is 1.29. The third kappa shape index (κ3) is 2.03. The molecule has 0 radical (unpaired) electrons. The van der Waals surface area contributed by atoms with Crippen LogP contribution >= 0.6 is 11.6 Å². The molecule has 0 saturated carbocycles. The number of nitrogens with zero attached hydrogens (tertiary/aromatic N) is 1. The van der Waals surface area contributed by atoms with Gasteiger partial charge in [0.15, 0.2) is 0 Å². The Morgan fingerprint density at radius 2 is 2.07 bits per heavy atom. The van der Waals surface area contributed by atoms with Crippen LogP contribution in [0.3, 0.4) is 0 Å². The van der Waals surface area contributed by atoms with Crippen molar-refractivity contribution in [3.8, 4) is 0 Å². The van der Waals surface area contributed by atoms with Gasteiger partial charge in [0.05, 0.1) is 5.54 Å². The van der Waals surface area contributed by atoms with Crippen LogP contribution in [0.25, 0.3) is 0 Å². The van der Waals surface area contributed by atoms with E-state index in [4.69, 9.17) is 11.6 Å². The highest BCUT2D eigenvalue weighted by atomic mass is 35.5. The Morgan fingerprint density at radius 3 is 2.64 bits per heavy atom. The molecule has 14 heavy (non-hydrogen) atoms. The van der Waals surface area contributed by atoms with Gasteiger partial charge in [-0.15, -0.1) is 0 Å². The lowest BCUT2D eigenvalue weighted by atomic mass is 9.94. The molecule has 0 unspecified atom stereocenters. The molecular weight excluding hydrogens is 198 g/mol. The Labute approximate surface area is 88.6 Å². The number of carbonyl (C=O) groups excluding carboxylic acids is 1. The van der Waals surface area contributed by atoms with Crippen LogP contribution in [-0.4, -0.2) is 6.08 Å². The maximum Gasteiger partial charge on any atom is 0.235 e. The van der Waals surface area contributed by atoms with Crippen molar-refractivity contribution in [2.45, 2.75) is 26.3 Å². The zero-order valence-corrected chi connectivity index (χ0v) is 9.22. The first-order valence-electron chi connectivity index (χ1n) is 4.33. The molecule has 0 spiro atoms. The Balaban J connectivity index is 3.32. The van der Waals surface area contributed by atoms with Crippen molar-refractivity contribution >= 4 is 17.7 Å². The van der Waals surface area contributed by atoms with Crippen LogP contribution in [0, 0.1) is 6.92 Å². The van der Waals surface area contributed by atoms with Crippen LogP contribution in [0.1, 0.15) is 25.0 Å². The Bertz CT molecular complexity index is 392. The van der Waals surface area contributed by atoms with Gasteiger partial charge in [-0.1, -0.05) is 29.8 Å². The quantitative estimate of drug-likeness (QED) is 0.543. The highest BCUT2D eigenvalue weighted by Crippen LogP contribution is 2.32. The number of aryl methyl sites for hydroxylation is 1. The molecule has 0 saturated heterocycles. The fraction of sp³-hybridized carbons (Fsp3) is 0.364. The van der Waals surface area contributed by atoms with E-state index in [1.54, 1.807) is 6.08 Å². The average molecular weight is 210 g/mol. The third-order valence-electron chi connectivity index (χ3n) is 2.18. The standard InChI is InChI=1S/C11H12ClNO/c1-8-5-4-6-9(10(8)12)11(2,3)13-7-14/h4-6H,1-3H3. The van der Waals surface area contributed by atoms with Crippen LogP contribution < -0.4 is 0 Å². The zero-order chi connectivity index (χ0) is 10.8. The first-order valence-corrected chi connectivity index (χ1v) is 4.71. The van der Waals surface area contributed by atoms with Crippen molar-refractivity contribution in [3.63, 3.8) is 0 Å². The van der Waals surface area contributed by atoms with Crippen LogP contribution in [0.5, 0.6) is 0 Å². The number of rotatable bonds is 2. The van der Waals surface area contributed by atoms with E-state index in [0.29, 0.717) is 5.02 Å². The lowest BCUT2D eigenvalue weighted by molar-refractivity contribution is 0.523. The minimum absolute atomic E-state index is 0.606. The second kappa shape index (κ2) is 3.95. The summed E-state index contributed by atoms with van der Waals surface area (Å²) in [6.07, 6.45) is 1.57. The Hall–Kier alpha value is -1.11. The van der Waals surface area contributed by atoms with E-state index in [1.165, 1.54) is 0 Å². The van der Waals surface area contributed by atoms with E-state index < -0.39 is 5.54 Å². The first kappa shape index (κ1) is 11.0. The van der Waals surface area contributed by atoms with Crippen LogP contribution in [0.4, 0.5) is 0 Å². The molecule has 0 aliphatic carbocycles. The summed E-state index contributed by atoms with van der Waals surface area (Å²) in [7, 11) is 0. The fourth-order valence-corrected chi connectivity index (χ4v) is 1.65. The van der Waals surface area contributed by atoms with Crippen LogP contribution in [-0.2, 0) is 10.3 Å². The molecule has 0 bridgehead atoms. The Morgan fingerprint density at radius 1 is 1.43 bits per heavy atom. The molecular formula is C11H12ClNO. The summed E-state index contributed by atoms with van der Waals surface area (Å²) in [4.78, 5) is 14.0. The monoisotopic (exact) mass is 209 g/mol. The molecule has 1 aromatic carbocycles. The van der Waals surface area contributed by atoms with Crippen LogP contribution in [0.15, 0.2) is 23.2 Å². The second-order valence-electron chi connectivity index (χ2n) is 3.70. The van der Waals surface area contributed by atoms with Crippen molar-refractivity contribution in [2.75, 3.05) is 0 Å². The molecule has 0 atom stereocenters. The van der Waals surface area contributed by atoms with Crippen molar-refractivity contribution in [1.29, 1.82) is 0 Å². The smallest absolute Gasteiger partial charge is 0.211 e. The number of isocyanates is 1. The molecule has 2 nitrogen and oxygen atoms in total. The molecule has 3 heteroatoms. The summed E-state index contributed by atoms with van der Waals surface area (Å²) >= 11 is 6.12. The van der Waals surface area contributed by atoms with Gasteiger partial charge in [0, 0.05) is 5.02 Å². The van der Waals surface area contributed by atoms with Crippen molar-refractivity contribution in [3.05, 3.63) is 34.3 Å². The number of aliphatic imine (C=N–C) groups is 1. The van der Waals surface area contributed by atoms with Gasteiger partial charge in [0.2, 0.25) is 6.08 Å². The predicted molar refractivity (Wildman–Crippen MR) is 57.3 cm³/mol.